The van der Waals surface area contributed by atoms with Crippen LogP contribution in [0, 0.1) is 0 Å². The van der Waals surface area contributed by atoms with Crippen molar-refractivity contribution in [1.82, 2.24) is 0 Å². The van der Waals surface area contributed by atoms with Crippen LogP contribution in [0.25, 0.3) is 22.1 Å². The molecule has 4 aromatic rings. The van der Waals surface area contributed by atoms with E-state index in [1.54, 1.807) is 36.4 Å². The lowest BCUT2D eigenvalue weighted by Crippen LogP contribution is -2.22. The largest absolute Gasteiger partial charge is 0.507 e. The molecule has 1 aromatic heterocycles. The molecular weight excluding hydrogens is 488 g/mol. The summed E-state index contributed by atoms with van der Waals surface area (Å²) in [6.07, 6.45) is 1.32. The van der Waals surface area contributed by atoms with Gasteiger partial charge in [-0.15, -0.1) is 0 Å². The smallest absolute Gasteiger partial charge is 0.312 e. The molecule has 3 heterocycles. The van der Waals surface area contributed by atoms with Gasteiger partial charge >= 0.3 is 5.97 Å². The first-order valence-corrected chi connectivity index (χ1v) is 11.6. The van der Waals surface area contributed by atoms with E-state index in [4.69, 9.17) is 35.0 Å². The van der Waals surface area contributed by atoms with Gasteiger partial charge in [-0.1, -0.05) is 23.7 Å². The summed E-state index contributed by atoms with van der Waals surface area (Å²) in [5.74, 6) is 0.168. The summed E-state index contributed by atoms with van der Waals surface area (Å²) in [5, 5.41) is 11.3. The van der Waals surface area contributed by atoms with Gasteiger partial charge in [0.15, 0.2) is 11.5 Å². The molecule has 0 spiro atoms. The van der Waals surface area contributed by atoms with Crippen LogP contribution in [0.3, 0.4) is 0 Å². The number of fused-ring (bicyclic) bond motifs is 4. The number of benzene rings is 3. The Morgan fingerprint density at radius 1 is 1.03 bits per heavy atom. The number of aromatic hydroxyl groups is 1. The van der Waals surface area contributed by atoms with Crippen molar-refractivity contribution in [2.45, 2.75) is 12.3 Å². The van der Waals surface area contributed by atoms with E-state index < -0.39 is 17.3 Å². The second-order valence-electron chi connectivity index (χ2n) is 8.48. The van der Waals surface area contributed by atoms with Crippen LogP contribution in [-0.2, 0) is 4.79 Å². The van der Waals surface area contributed by atoms with E-state index in [-0.39, 0.29) is 34.5 Å². The molecule has 8 nitrogen and oxygen atoms in total. The summed E-state index contributed by atoms with van der Waals surface area (Å²) in [6, 6.07) is 11.5. The number of phenolic OH excluding ortho intramolecular Hbond substituents is 1. The first-order chi connectivity index (χ1) is 17.4. The SMILES string of the molecule is COc1cc(C2CC(=O)Oc3cc(O)c4c(=O)c(-c5ccc(Cl)cc5)coc4c32)cc2c1OCCO2. The topological polar surface area (TPSA) is 104 Å². The third kappa shape index (κ3) is 3.53. The molecule has 9 heteroatoms. The predicted molar refractivity (Wildman–Crippen MR) is 131 cm³/mol. The Hall–Kier alpha value is -4.17. The van der Waals surface area contributed by atoms with Gasteiger partial charge in [0.2, 0.25) is 11.2 Å². The number of esters is 1. The molecule has 182 valence electrons. The monoisotopic (exact) mass is 506 g/mol. The van der Waals surface area contributed by atoms with E-state index in [9.17, 15) is 14.7 Å². The first-order valence-electron chi connectivity index (χ1n) is 11.2. The lowest BCUT2D eigenvalue weighted by molar-refractivity contribution is -0.135. The van der Waals surface area contributed by atoms with E-state index in [1.807, 2.05) is 0 Å². The number of phenols is 1. The van der Waals surface area contributed by atoms with Crippen LogP contribution in [0.1, 0.15) is 23.5 Å². The minimum absolute atomic E-state index is 0.00587. The maximum absolute atomic E-state index is 13.5. The molecule has 0 bridgehead atoms. The molecule has 1 N–H and O–H groups in total. The second kappa shape index (κ2) is 8.49. The molecule has 0 radical (unpaired) electrons. The van der Waals surface area contributed by atoms with Crippen molar-refractivity contribution in [1.29, 1.82) is 0 Å². The van der Waals surface area contributed by atoms with Crippen molar-refractivity contribution in [3.8, 4) is 39.9 Å². The molecule has 1 atom stereocenters. The van der Waals surface area contributed by atoms with Crippen molar-refractivity contribution >= 4 is 28.5 Å². The molecule has 1 unspecified atom stereocenters. The highest BCUT2D eigenvalue weighted by atomic mass is 35.5. The fourth-order valence-corrected chi connectivity index (χ4v) is 4.87. The summed E-state index contributed by atoms with van der Waals surface area (Å²) >= 11 is 5.98. The number of rotatable bonds is 3. The van der Waals surface area contributed by atoms with Gasteiger partial charge < -0.3 is 28.5 Å². The maximum Gasteiger partial charge on any atom is 0.312 e. The van der Waals surface area contributed by atoms with Crippen LogP contribution in [0.4, 0.5) is 0 Å². The van der Waals surface area contributed by atoms with Crippen molar-refractivity contribution in [3.05, 3.63) is 75.1 Å². The molecule has 0 fully saturated rings. The zero-order valence-corrected chi connectivity index (χ0v) is 19.8. The first kappa shape index (κ1) is 22.3. The Balaban J connectivity index is 1.58. The van der Waals surface area contributed by atoms with Gasteiger partial charge in [-0.05, 0) is 35.4 Å². The molecule has 2 aliphatic heterocycles. The Bertz CT molecular complexity index is 1570. The molecule has 0 saturated carbocycles. The Morgan fingerprint density at radius 2 is 1.81 bits per heavy atom. The fraction of sp³-hybridized carbons (Fsp3) is 0.185. The van der Waals surface area contributed by atoms with E-state index in [0.29, 0.717) is 52.2 Å². The molecule has 36 heavy (non-hydrogen) atoms. The zero-order chi connectivity index (χ0) is 25.0. The van der Waals surface area contributed by atoms with Crippen molar-refractivity contribution in [2.75, 3.05) is 20.3 Å². The quantitative estimate of drug-likeness (QED) is 0.304. The molecule has 6 rings (SSSR count). The summed E-state index contributed by atoms with van der Waals surface area (Å²) in [4.78, 5) is 26.0. The average molecular weight is 507 g/mol. The molecule has 2 aliphatic rings. The van der Waals surface area contributed by atoms with Gasteiger partial charge in [0.25, 0.3) is 0 Å². The maximum atomic E-state index is 13.5. The van der Waals surface area contributed by atoms with E-state index in [0.717, 1.165) is 0 Å². The number of hydrogen-bond acceptors (Lipinski definition) is 8. The van der Waals surface area contributed by atoms with E-state index >= 15 is 0 Å². The van der Waals surface area contributed by atoms with Gasteiger partial charge in [0.1, 0.15) is 41.9 Å². The van der Waals surface area contributed by atoms with Gasteiger partial charge in [0.05, 0.1) is 19.1 Å². The normalized spacial score (nSPS) is 16.4. The fourth-order valence-electron chi connectivity index (χ4n) is 4.74. The minimum atomic E-state index is -0.557. The van der Waals surface area contributed by atoms with Crippen LogP contribution in [0.15, 0.2) is 57.9 Å². The Labute approximate surface area is 209 Å². The lowest BCUT2D eigenvalue weighted by atomic mass is 9.84. The summed E-state index contributed by atoms with van der Waals surface area (Å²) in [6.45, 7) is 0.772. The average Bonchev–Trinajstić information content (AvgIpc) is 2.88. The summed E-state index contributed by atoms with van der Waals surface area (Å²) in [7, 11) is 1.52. The minimum Gasteiger partial charge on any atom is -0.507 e. The summed E-state index contributed by atoms with van der Waals surface area (Å²) < 4.78 is 28.4. The molecular formula is C27H19ClO8. The number of hydrogen-bond donors (Lipinski definition) is 1. The van der Waals surface area contributed by atoms with Crippen LogP contribution >= 0.6 is 11.6 Å². The number of methoxy groups -OCH3 is 1. The Morgan fingerprint density at radius 3 is 2.58 bits per heavy atom. The molecule has 3 aromatic carbocycles. The van der Waals surface area contributed by atoms with Crippen LogP contribution in [0.5, 0.6) is 28.7 Å². The lowest BCUT2D eigenvalue weighted by Gasteiger charge is -2.28. The van der Waals surface area contributed by atoms with Crippen LogP contribution < -0.4 is 24.4 Å². The number of halogens is 1. The molecule has 0 saturated heterocycles. The zero-order valence-electron chi connectivity index (χ0n) is 19.0. The second-order valence-corrected chi connectivity index (χ2v) is 8.91. The standard InChI is InChI=1S/C27H19ClO8/c1-32-20-8-14(9-21-26(20)34-7-6-33-21)16-10-22(30)36-19-11-18(29)24-25(31)17(12-35-27(24)23(16)19)13-2-4-15(28)5-3-13/h2-5,8-9,11-12,16,29H,6-7,10H2,1H3. The van der Waals surface area contributed by atoms with Gasteiger partial charge in [-0.2, -0.15) is 0 Å². The van der Waals surface area contributed by atoms with Gasteiger partial charge in [-0.3, -0.25) is 9.59 Å². The third-order valence-corrected chi connectivity index (χ3v) is 6.63. The van der Waals surface area contributed by atoms with Crippen molar-refractivity contribution in [3.63, 3.8) is 0 Å². The Kier molecular flexibility index (Phi) is 5.26. The number of carbonyl (C=O) groups is 1. The highest BCUT2D eigenvalue weighted by Crippen LogP contribution is 2.49. The number of carbonyl (C=O) groups excluding carboxylic acids is 1. The van der Waals surface area contributed by atoms with Crippen LogP contribution in [0.2, 0.25) is 5.02 Å². The van der Waals surface area contributed by atoms with Gasteiger partial charge in [0, 0.05) is 22.6 Å². The van der Waals surface area contributed by atoms with E-state index in [1.165, 1.54) is 19.4 Å². The highest BCUT2D eigenvalue weighted by Gasteiger charge is 2.35. The predicted octanol–water partition coefficient (Wildman–Crippen LogP) is 5.04. The molecule has 0 amide bonds. The number of ether oxygens (including phenoxy) is 4. The van der Waals surface area contributed by atoms with Gasteiger partial charge in [-0.25, -0.2) is 0 Å². The van der Waals surface area contributed by atoms with Crippen LogP contribution in [-0.4, -0.2) is 31.4 Å². The third-order valence-electron chi connectivity index (χ3n) is 6.38. The highest BCUT2D eigenvalue weighted by molar-refractivity contribution is 6.30. The van der Waals surface area contributed by atoms with Crippen molar-refractivity contribution in [2.24, 2.45) is 0 Å². The molecule has 0 aliphatic carbocycles. The van der Waals surface area contributed by atoms with E-state index in [2.05, 4.69) is 0 Å². The van der Waals surface area contributed by atoms with Crippen molar-refractivity contribution < 1.29 is 33.3 Å². The summed E-state index contributed by atoms with van der Waals surface area (Å²) in [5.41, 5.74) is 1.73.